The molecule has 23 heavy (non-hydrogen) atoms. The summed E-state index contributed by atoms with van der Waals surface area (Å²) in [6.45, 7) is 7.44. The van der Waals surface area contributed by atoms with E-state index in [-0.39, 0.29) is 0 Å². The minimum atomic E-state index is 0.651. The molecule has 0 aromatic carbocycles. The van der Waals surface area contributed by atoms with Crippen LogP contribution in [-0.4, -0.2) is 36.6 Å². The number of rotatable bonds is 4. The van der Waals surface area contributed by atoms with Gasteiger partial charge in [-0.2, -0.15) is 0 Å². The molecule has 0 N–H and O–H groups in total. The van der Waals surface area contributed by atoms with E-state index in [0.29, 0.717) is 5.92 Å². The molecule has 2 aromatic heterocycles. The third-order valence-electron chi connectivity index (χ3n) is 4.61. The van der Waals surface area contributed by atoms with E-state index in [1.54, 1.807) is 0 Å². The van der Waals surface area contributed by atoms with Crippen LogP contribution in [0.15, 0.2) is 36.7 Å². The molecule has 1 saturated heterocycles. The molecule has 1 atom stereocenters. The minimum absolute atomic E-state index is 0.651. The normalized spacial score (nSPS) is 18.0. The topological polar surface area (TPSA) is 32.3 Å². The number of anilines is 2. The Morgan fingerprint density at radius 1 is 1.22 bits per heavy atom. The molecule has 1 aliphatic rings. The van der Waals surface area contributed by atoms with Crippen molar-refractivity contribution >= 4 is 11.6 Å². The van der Waals surface area contributed by atoms with Gasteiger partial charge >= 0.3 is 0 Å². The van der Waals surface area contributed by atoms with Gasteiger partial charge in [-0.15, -0.1) is 0 Å². The standard InChI is InChI=1S/C19H26N4/c1-15-8-9-18(21-12-15)23-11-5-7-17(14-23)13-22(3)19-16(2)6-4-10-20-19/h4,6,8-10,12,17H,5,7,11,13-14H2,1-3H3. The van der Waals surface area contributed by atoms with Crippen molar-refractivity contribution in [3.05, 3.63) is 47.8 Å². The molecule has 0 radical (unpaired) electrons. The van der Waals surface area contributed by atoms with E-state index >= 15 is 0 Å². The smallest absolute Gasteiger partial charge is 0.131 e. The molecule has 1 unspecified atom stereocenters. The van der Waals surface area contributed by atoms with Crippen LogP contribution in [0.25, 0.3) is 0 Å². The van der Waals surface area contributed by atoms with Gasteiger partial charge in [0, 0.05) is 39.1 Å². The van der Waals surface area contributed by atoms with Gasteiger partial charge in [0.1, 0.15) is 11.6 Å². The zero-order valence-electron chi connectivity index (χ0n) is 14.4. The third-order valence-corrected chi connectivity index (χ3v) is 4.61. The highest BCUT2D eigenvalue weighted by Crippen LogP contribution is 2.24. The SMILES string of the molecule is Cc1ccc(N2CCCC(CN(C)c3ncccc3C)C2)nc1. The summed E-state index contributed by atoms with van der Waals surface area (Å²) in [5.41, 5.74) is 2.45. The maximum absolute atomic E-state index is 4.59. The fourth-order valence-electron chi connectivity index (χ4n) is 3.42. The lowest BCUT2D eigenvalue weighted by Gasteiger charge is -2.36. The van der Waals surface area contributed by atoms with Crippen molar-refractivity contribution in [3.63, 3.8) is 0 Å². The van der Waals surface area contributed by atoms with Crippen molar-refractivity contribution in [1.29, 1.82) is 0 Å². The average molecular weight is 310 g/mol. The number of aromatic nitrogens is 2. The highest BCUT2D eigenvalue weighted by Gasteiger charge is 2.22. The predicted octanol–water partition coefficient (Wildman–Crippen LogP) is 3.45. The van der Waals surface area contributed by atoms with Crippen LogP contribution in [0.4, 0.5) is 11.6 Å². The summed E-state index contributed by atoms with van der Waals surface area (Å²) >= 11 is 0. The second-order valence-corrected chi connectivity index (χ2v) is 6.67. The Balaban J connectivity index is 1.64. The average Bonchev–Trinajstić information content (AvgIpc) is 2.56. The van der Waals surface area contributed by atoms with Gasteiger partial charge in [-0.05, 0) is 55.9 Å². The molecule has 0 bridgehead atoms. The second kappa shape index (κ2) is 6.99. The van der Waals surface area contributed by atoms with Crippen LogP contribution in [0, 0.1) is 19.8 Å². The number of piperidine rings is 1. The molecule has 0 saturated carbocycles. The van der Waals surface area contributed by atoms with Gasteiger partial charge < -0.3 is 9.80 Å². The Bertz CT molecular complexity index is 638. The number of hydrogen-bond acceptors (Lipinski definition) is 4. The van der Waals surface area contributed by atoms with Gasteiger partial charge in [-0.1, -0.05) is 12.1 Å². The van der Waals surface area contributed by atoms with Gasteiger partial charge in [0.05, 0.1) is 0 Å². The molecule has 4 nitrogen and oxygen atoms in total. The van der Waals surface area contributed by atoms with Gasteiger partial charge in [0.25, 0.3) is 0 Å². The zero-order valence-corrected chi connectivity index (χ0v) is 14.4. The number of pyridine rings is 2. The molecule has 4 heteroatoms. The van der Waals surface area contributed by atoms with Crippen LogP contribution >= 0.6 is 0 Å². The summed E-state index contributed by atoms with van der Waals surface area (Å²) in [5, 5.41) is 0. The molecule has 1 fully saturated rings. The molecular formula is C19H26N4. The molecule has 3 rings (SSSR count). The van der Waals surface area contributed by atoms with Crippen molar-refractivity contribution in [2.45, 2.75) is 26.7 Å². The first kappa shape index (κ1) is 15.8. The molecule has 122 valence electrons. The second-order valence-electron chi connectivity index (χ2n) is 6.67. The largest absolute Gasteiger partial charge is 0.359 e. The van der Waals surface area contributed by atoms with Crippen molar-refractivity contribution in [3.8, 4) is 0 Å². The van der Waals surface area contributed by atoms with E-state index in [0.717, 1.165) is 31.3 Å². The minimum Gasteiger partial charge on any atom is -0.359 e. The Labute approximate surface area is 139 Å². The summed E-state index contributed by atoms with van der Waals surface area (Å²) in [4.78, 5) is 13.8. The predicted molar refractivity (Wildman–Crippen MR) is 96.2 cm³/mol. The third kappa shape index (κ3) is 3.81. The summed E-state index contributed by atoms with van der Waals surface area (Å²) in [6, 6.07) is 8.42. The molecule has 3 heterocycles. The molecule has 0 aliphatic carbocycles. The number of nitrogens with zero attached hydrogens (tertiary/aromatic N) is 4. The van der Waals surface area contributed by atoms with E-state index in [9.17, 15) is 0 Å². The first-order chi connectivity index (χ1) is 11.1. The monoisotopic (exact) mass is 310 g/mol. The Hall–Kier alpha value is -2.10. The lowest BCUT2D eigenvalue weighted by Crippen LogP contribution is -2.40. The molecule has 2 aromatic rings. The van der Waals surface area contributed by atoms with E-state index in [1.165, 1.54) is 24.0 Å². The van der Waals surface area contributed by atoms with Crippen LogP contribution in [0.3, 0.4) is 0 Å². The fourth-order valence-corrected chi connectivity index (χ4v) is 3.42. The Morgan fingerprint density at radius 3 is 2.83 bits per heavy atom. The van der Waals surface area contributed by atoms with E-state index in [1.807, 2.05) is 18.5 Å². The van der Waals surface area contributed by atoms with E-state index < -0.39 is 0 Å². The molecule has 1 aliphatic heterocycles. The van der Waals surface area contributed by atoms with Crippen molar-refractivity contribution in [2.24, 2.45) is 5.92 Å². The van der Waals surface area contributed by atoms with Crippen LogP contribution < -0.4 is 9.80 Å². The maximum atomic E-state index is 4.59. The van der Waals surface area contributed by atoms with Crippen LogP contribution in [0.5, 0.6) is 0 Å². The van der Waals surface area contributed by atoms with E-state index in [2.05, 4.69) is 58.9 Å². The van der Waals surface area contributed by atoms with Gasteiger partial charge in [-0.25, -0.2) is 9.97 Å². The molecule has 0 amide bonds. The number of aryl methyl sites for hydroxylation is 2. The quantitative estimate of drug-likeness (QED) is 0.866. The molecular weight excluding hydrogens is 284 g/mol. The van der Waals surface area contributed by atoms with Crippen LogP contribution in [-0.2, 0) is 0 Å². The van der Waals surface area contributed by atoms with Crippen molar-refractivity contribution < 1.29 is 0 Å². The van der Waals surface area contributed by atoms with E-state index in [4.69, 9.17) is 0 Å². The highest BCUT2D eigenvalue weighted by atomic mass is 15.2. The maximum Gasteiger partial charge on any atom is 0.131 e. The van der Waals surface area contributed by atoms with Crippen LogP contribution in [0.1, 0.15) is 24.0 Å². The summed E-state index contributed by atoms with van der Waals surface area (Å²) in [6.07, 6.45) is 6.35. The van der Waals surface area contributed by atoms with Gasteiger partial charge in [-0.3, -0.25) is 0 Å². The highest BCUT2D eigenvalue weighted by molar-refractivity contribution is 5.45. The van der Waals surface area contributed by atoms with Gasteiger partial charge in [0.2, 0.25) is 0 Å². The Morgan fingerprint density at radius 2 is 2.09 bits per heavy atom. The lowest BCUT2D eigenvalue weighted by atomic mass is 9.97. The summed E-state index contributed by atoms with van der Waals surface area (Å²) in [7, 11) is 2.15. The summed E-state index contributed by atoms with van der Waals surface area (Å²) in [5.74, 6) is 2.85. The number of hydrogen-bond donors (Lipinski definition) is 0. The van der Waals surface area contributed by atoms with Crippen LogP contribution in [0.2, 0.25) is 0 Å². The Kier molecular flexibility index (Phi) is 4.79. The molecule has 0 spiro atoms. The van der Waals surface area contributed by atoms with Gasteiger partial charge in [0.15, 0.2) is 0 Å². The van der Waals surface area contributed by atoms with Crippen molar-refractivity contribution in [1.82, 2.24) is 9.97 Å². The fraction of sp³-hybridized carbons (Fsp3) is 0.474. The first-order valence-corrected chi connectivity index (χ1v) is 8.44. The zero-order chi connectivity index (χ0) is 16.2. The summed E-state index contributed by atoms with van der Waals surface area (Å²) < 4.78 is 0. The first-order valence-electron chi connectivity index (χ1n) is 8.44. The van der Waals surface area contributed by atoms with Crippen molar-refractivity contribution in [2.75, 3.05) is 36.5 Å². The lowest BCUT2D eigenvalue weighted by molar-refractivity contribution is 0.415.